The summed E-state index contributed by atoms with van der Waals surface area (Å²) in [6.07, 6.45) is 0. The normalized spacial score (nSPS) is 12.5. The first-order valence-corrected chi connectivity index (χ1v) is 8.84. The second-order valence-corrected chi connectivity index (χ2v) is 7.97. The molecule has 0 saturated heterocycles. The monoisotopic (exact) mass is 355 g/mol. The number of carbonyl (C=O) groups excluding carboxylic acids is 1. The summed E-state index contributed by atoms with van der Waals surface area (Å²) in [7, 11) is -0.668. The van der Waals surface area contributed by atoms with Gasteiger partial charge in [0.15, 0.2) is 10.7 Å². The van der Waals surface area contributed by atoms with Gasteiger partial charge in [-0.3, -0.25) is 4.79 Å². The third-order valence-corrected chi connectivity index (χ3v) is 5.86. The average Bonchev–Trinajstić information content (AvgIpc) is 3.03. The van der Waals surface area contributed by atoms with Crippen LogP contribution in [-0.4, -0.2) is 53.1 Å². The molecule has 0 aliphatic heterocycles. The minimum Gasteiger partial charge on any atom is -0.422 e. The van der Waals surface area contributed by atoms with Gasteiger partial charge in [-0.25, -0.2) is 17.1 Å². The minimum absolute atomic E-state index is 0.0309. The number of aromatic nitrogens is 3. The zero-order valence-electron chi connectivity index (χ0n) is 12.3. The maximum atomic E-state index is 12.3. The van der Waals surface area contributed by atoms with E-state index in [9.17, 15) is 13.2 Å². The van der Waals surface area contributed by atoms with E-state index < -0.39 is 15.9 Å². The fourth-order valence-electron chi connectivity index (χ4n) is 1.99. The third kappa shape index (κ3) is 2.66. The van der Waals surface area contributed by atoms with Crippen molar-refractivity contribution in [1.82, 2.24) is 18.9 Å². The largest absolute Gasteiger partial charge is 0.422 e. The van der Waals surface area contributed by atoms with Gasteiger partial charge in [0.05, 0.1) is 16.2 Å². The maximum absolute atomic E-state index is 12.3. The van der Waals surface area contributed by atoms with E-state index >= 15 is 0 Å². The average molecular weight is 355 g/mol. The molecular formula is C12H13N5O4S2. The first kappa shape index (κ1) is 15.8. The highest BCUT2D eigenvalue weighted by Crippen LogP contribution is 2.27. The quantitative estimate of drug-likeness (QED) is 0.653. The van der Waals surface area contributed by atoms with E-state index in [-0.39, 0.29) is 16.5 Å². The van der Waals surface area contributed by atoms with Gasteiger partial charge in [-0.2, -0.15) is 0 Å². The fourth-order valence-corrected chi connectivity index (χ4v) is 3.58. The summed E-state index contributed by atoms with van der Waals surface area (Å²) in [5.41, 5.74) is 6.10. The van der Waals surface area contributed by atoms with Crippen LogP contribution in [-0.2, 0) is 14.8 Å². The van der Waals surface area contributed by atoms with Crippen molar-refractivity contribution in [3.63, 3.8) is 0 Å². The van der Waals surface area contributed by atoms with E-state index in [1.54, 1.807) is 10.5 Å². The highest BCUT2D eigenvalue weighted by Gasteiger charge is 2.21. The Labute approximate surface area is 135 Å². The summed E-state index contributed by atoms with van der Waals surface area (Å²) in [5.74, 6) is -0.245. The fraction of sp³-hybridized carbons (Fsp3) is 0.250. The van der Waals surface area contributed by atoms with Crippen LogP contribution in [0.2, 0.25) is 0 Å². The Bertz CT molecular complexity index is 1010. The van der Waals surface area contributed by atoms with Crippen LogP contribution >= 0.6 is 11.8 Å². The van der Waals surface area contributed by atoms with Gasteiger partial charge in [0.25, 0.3) is 0 Å². The molecule has 0 aliphatic rings. The summed E-state index contributed by atoms with van der Waals surface area (Å²) < 4.78 is 32.7. The summed E-state index contributed by atoms with van der Waals surface area (Å²) in [4.78, 5) is 11.1. The lowest BCUT2D eigenvalue weighted by Gasteiger charge is -2.10. The summed E-state index contributed by atoms with van der Waals surface area (Å²) in [6, 6.07) is 4.51. The van der Waals surface area contributed by atoms with Gasteiger partial charge in [-0.15, -0.1) is 5.10 Å². The summed E-state index contributed by atoms with van der Waals surface area (Å²) in [6.45, 7) is 0. The van der Waals surface area contributed by atoms with Crippen LogP contribution in [0.25, 0.3) is 16.9 Å². The number of nitrogens with zero attached hydrogens (tertiary/aromatic N) is 4. The molecular weight excluding hydrogens is 342 g/mol. The van der Waals surface area contributed by atoms with Gasteiger partial charge in [0, 0.05) is 14.1 Å². The van der Waals surface area contributed by atoms with Crippen molar-refractivity contribution in [2.24, 2.45) is 5.73 Å². The Kier molecular flexibility index (Phi) is 3.78. The van der Waals surface area contributed by atoms with Crippen molar-refractivity contribution < 1.29 is 17.6 Å². The predicted octanol–water partition coefficient (Wildman–Crippen LogP) is 0.303. The molecule has 23 heavy (non-hydrogen) atoms. The van der Waals surface area contributed by atoms with Crippen molar-refractivity contribution in [2.45, 2.75) is 10.1 Å². The molecule has 0 radical (unpaired) electrons. The van der Waals surface area contributed by atoms with E-state index in [1.807, 2.05) is 0 Å². The van der Waals surface area contributed by atoms with Gasteiger partial charge in [-0.05, 0) is 18.2 Å². The Morgan fingerprint density at radius 1 is 1.39 bits per heavy atom. The topological polar surface area (TPSA) is 124 Å². The van der Waals surface area contributed by atoms with Gasteiger partial charge >= 0.3 is 5.84 Å². The first-order chi connectivity index (χ1) is 10.8. The molecule has 11 heteroatoms. The Morgan fingerprint density at radius 2 is 2.13 bits per heavy atom. The number of hydrogen-bond acceptors (Lipinski definition) is 7. The lowest BCUT2D eigenvalue weighted by molar-refractivity contribution is -0.115. The molecule has 9 nitrogen and oxygen atoms in total. The molecule has 0 saturated carbocycles. The maximum Gasteiger partial charge on any atom is 0.328 e. The summed E-state index contributed by atoms with van der Waals surface area (Å²) >= 11 is 1.10. The van der Waals surface area contributed by atoms with Crippen LogP contribution in [0.15, 0.2) is 32.7 Å². The van der Waals surface area contributed by atoms with Crippen molar-refractivity contribution in [3.05, 3.63) is 18.2 Å². The number of primary amides is 1. The number of thioether (sulfide) groups is 1. The van der Waals surface area contributed by atoms with Crippen molar-refractivity contribution in [3.8, 4) is 0 Å². The third-order valence-electron chi connectivity index (χ3n) is 3.10. The van der Waals surface area contributed by atoms with E-state index in [0.29, 0.717) is 16.3 Å². The highest BCUT2D eigenvalue weighted by molar-refractivity contribution is 7.99. The van der Waals surface area contributed by atoms with Crippen molar-refractivity contribution in [2.75, 3.05) is 19.8 Å². The number of rotatable bonds is 5. The Balaban J connectivity index is 2.18. The number of carbonyl (C=O) groups is 1. The highest BCUT2D eigenvalue weighted by atomic mass is 32.2. The molecule has 122 valence electrons. The Morgan fingerprint density at radius 3 is 2.78 bits per heavy atom. The first-order valence-electron chi connectivity index (χ1n) is 6.42. The number of fused-ring (bicyclic) bond motifs is 3. The lowest BCUT2D eigenvalue weighted by Crippen LogP contribution is -2.22. The molecule has 1 aromatic carbocycles. The minimum atomic E-state index is -3.58. The molecule has 0 unspecified atom stereocenters. The number of hydrogen-bond donors (Lipinski definition) is 1. The molecule has 0 bridgehead atoms. The van der Waals surface area contributed by atoms with E-state index in [4.69, 9.17) is 10.2 Å². The number of benzene rings is 1. The van der Waals surface area contributed by atoms with E-state index in [0.717, 1.165) is 16.1 Å². The van der Waals surface area contributed by atoms with Gasteiger partial charge in [0.2, 0.25) is 15.9 Å². The molecule has 3 aromatic rings. The second-order valence-electron chi connectivity index (χ2n) is 4.87. The standard InChI is InChI=1S/C12H13N5O4S2/c1-16(2)23(19,20)7-3-4-9-8(5-7)17-11(21-9)14-15-12(17)22-6-10(13)18/h3-5H,6H2,1-2H3,(H2,13,18). The molecule has 1 amide bonds. The molecule has 0 aliphatic carbocycles. The summed E-state index contributed by atoms with van der Waals surface area (Å²) in [5, 5.41) is 8.19. The number of amides is 1. The molecule has 3 rings (SSSR count). The van der Waals surface area contributed by atoms with Crippen molar-refractivity contribution >= 4 is 44.6 Å². The van der Waals surface area contributed by atoms with Crippen LogP contribution in [0.5, 0.6) is 0 Å². The number of nitrogens with two attached hydrogens (primary N) is 1. The smallest absolute Gasteiger partial charge is 0.328 e. The van der Waals surface area contributed by atoms with Gasteiger partial charge in [0.1, 0.15) is 0 Å². The van der Waals surface area contributed by atoms with Crippen LogP contribution in [0.4, 0.5) is 0 Å². The molecule has 0 fully saturated rings. The Hall–Kier alpha value is -2.11. The van der Waals surface area contributed by atoms with Crippen LogP contribution in [0.1, 0.15) is 0 Å². The molecule has 2 heterocycles. The molecule has 0 atom stereocenters. The van der Waals surface area contributed by atoms with Crippen LogP contribution in [0.3, 0.4) is 0 Å². The molecule has 2 N–H and O–H groups in total. The number of sulfonamides is 1. The van der Waals surface area contributed by atoms with Gasteiger partial charge in [-0.1, -0.05) is 16.9 Å². The van der Waals surface area contributed by atoms with Crippen LogP contribution < -0.4 is 5.73 Å². The van der Waals surface area contributed by atoms with Gasteiger partial charge < -0.3 is 10.2 Å². The van der Waals surface area contributed by atoms with E-state index in [2.05, 4.69) is 10.2 Å². The van der Waals surface area contributed by atoms with Crippen molar-refractivity contribution in [1.29, 1.82) is 0 Å². The number of oxazole rings is 1. The van der Waals surface area contributed by atoms with Crippen LogP contribution in [0, 0.1) is 0 Å². The molecule has 2 aromatic heterocycles. The lowest BCUT2D eigenvalue weighted by atomic mass is 10.3. The molecule has 0 spiro atoms. The second kappa shape index (κ2) is 5.51. The van der Waals surface area contributed by atoms with E-state index in [1.165, 1.54) is 26.2 Å². The predicted molar refractivity (Wildman–Crippen MR) is 83.6 cm³/mol. The zero-order chi connectivity index (χ0) is 16.8. The zero-order valence-corrected chi connectivity index (χ0v) is 13.9. The SMILES string of the molecule is CN(C)S(=O)(=O)c1ccc2oc3nnc(SCC(N)=O)n3c2c1.